The van der Waals surface area contributed by atoms with Crippen LogP contribution in [0, 0.1) is 0 Å². The zero-order chi connectivity index (χ0) is 9.68. The van der Waals surface area contributed by atoms with Crippen LogP contribution in [0.3, 0.4) is 0 Å². The Labute approximate surface area is 88.8 Å². The van der Waals surface area contributed by atoms with E-state index in [-0.39, 0.29) is 9.82 Å². The lowest BCUT2D eigenvalue weighted by Crippen LogP contribution is -2.38. The van der Waals surface area contributed by atoms with E-state index in [9.17, 15) is 9.59 Å². The van der Waals surface area contributed by atoms with Crippen molar-refractivity contribution >= 4 is 32.4 Å². The minimum Gasteiger partial charge on any atom is -0.267 e. The van der Waals surface area contributed by atoms with Gasteiger partial charge in [-0.15, -0.1) is 0 Å². The van der Waals surface area contributed by atoms with E-state index in [2.05, 4.69) is 10.9 Å². The van der Waals surface area contributed by atoms with Gasteiger partial charge < -0.3 is 0 Å². The van der Waals surface area contributed by atoms with Crippen LogP contribution in [0.25, 0.3) is 0 Å². The molecule has 2 N–H and O–H groups in total. The first kappa shape index (κ1) is 9.97. The molecule has 68 valence electrons. The first-order valence-corrected chi connectivity index (χ1v) is 4.59. The van der Waals surface area contributed by atoms with Gasteiger partial charge in [0.1, 0.15) is 0 Å². The maximum atomic E-state index is 11.2. The first-order chi connectivity index (χ1) is 6.20. The SMILES string of the molecule is O=C(I)NNC(=O)c1ccccc1. The van der Waals surface area contributed by atoms with E-state index in [1.54, 1.807) is 24.3 Å². The molecule has 0 radical (unpaired) electrons. The van der Waals surface area contributed by atoms with E-state index >= 15 is 0 Å². The fourth-order valence-electron chi connectivity index (χ4n) is 0.768. The minimum atomic E-state index is -0.332. The molecular formula is C8H7IN2O2. The summed E-state index contributed by atoms with van der Waals surface area (Å²) in [4.78, 5) is 21.7. The summed E-state index contributed by atoms with van der Waals surface area (Å²) in [6.45, 7) is 0. The summed E-state index contributed by atoms with van der Waals surface area (Å²) in [5.41, 5.74) is 4.95. The molecule has 0 aromatic heterocycles. The summed E-state index contributed by atoms with van der Waals surface area (Å²) >= 11 is 1.53. The van der Waals surface area contributed by atoms with E-state index in [1.165, 1.54) is 22.6 Å². The van der Waals surface area contributed by atoms with Crippen molar-refractivity contribution < 1.29 is 9.59 Å². The van der Waals surface area contributed by atoms with Gasteiger partial charge in [-0.05, 0) is 12.1 Å². The zero-order valence-electron chi connectivity index (χ0n) is 6.58. The third-order valence-electron chi connectivity index (χ3n) is 1.31. The number of amides is 2. The van der Waals surface area contributed by atoms with E-state index in [0.717, 1.165) is 0 Å². The van der Waals surface area contributed by atoms with Crippen molar-refractivity contribution in [3.8, 4) is 0 Å². The predicted octanol–water partition coefficient (Wildman–Crippen LogP) is 1.48. The summed E-state index contributed by atoms with van der Waals surface area (Å²) in [6, 6.07) is 8.64. The second-order valence-electron chi connectivity index (χ2n) is 2.22. The van der Waals surface area contributed by atoms with Crippen molar-refractivity contribution in [3.63, 3.8) is 0 Å². The Kier molecular flexibility index (Phi) is 3.69. The number of carbonyl (C=O) groups excluding carboxylic acids is 2. The monoisotopic (exact) mass is 290 g/mol. The summed E-state index contributed by atoms with van der Waals surface area (Å²) in [5.74, 6) is -0.328. The highest BCUT2D eigenvalue weighted by molar-refractivity contribution is 14.1. The molecule has 5 heteroatoms. The Morgan fingerprint density at radius 1 is 1.08 bits per heavy atom. The van der Waals surface area contributed by atoms with Crippen LogP contribution in [0.4, 0.5) is 4.79 Å². The molecular weight excluding hydrogens is 283 g/mol. The molecule has 13 heavy (non-hydrogen) atoms. The van der Waals surface area contributed by atoms with Crippen LogP contribution in [-0.4, -0.2) is 9.82 Å². The van der Waals surface area contributed by atoms with Gasteiger partial charge in [0.2, 0.25) is 0 Å². The number of hydrogen-bond donors (Lipinski definition) is 2. The van der Waals surface area contributed by atoms with Gasteiger partial charge >= 0.3 is 0 Å². The highest BCUT2D eigenvalue weighted by Crippen LogP contribution is 1.96. The van der Waals surface area contributed by atoms with E-state index in [4.69, 9.17) is 0 Å². The fourth-order valence-corrected chi connectivity index (χ4v) is 0.902. The minimum absolute atomic E-state index is 0.328. The molecule has 0 aliphatic carbocycles. The lowest BCUT2D eigenvalue weighted by molar-refractivity contribution is 0.0939. The van der Waals surface area contributed by atoms with Crippen LogP contribution >= 0.6 is 22.6 Å². The Bertz CT molecular complexity index is 313. The number of halogens is 1. The molecule has 0 saturated heterocycles. The highest BCUT2D eigenvalue weighted by atomic mass is 127. The van der Waals surface area contributed by atoms with Gasteiger partial charge in [-0.2, -0.15) is 0 Å². The molecule has 0 saturated carbocycles. The smallest absolute Gasteiger partial charge is 0.267 e. The van der Waals surface area contributed by atoms with Crippen LogP contribution in [0.15, 0.2) is 30.3 Å². The van der Waals surface area contributed by atoms with Crippen LogP contribution in [0.2, 0.25) is 0 Å². The van der Waals surface area contributed by atoms with Gasteiger partial charge in [-0.3, -0.25) is 20.4 Å². The summed E-state index contributed by atoms with van der Waals surface area (Å²) in [7, 11) is 0. The summed E-state index contributed by atoms with van der Waals surface area (Å²) < 4.78 is -0.332. The van der Waals surface area contributed by atoms with Crippen LogP contribution < -0.4 is 10.9 Å². The van der Waals surface area contributed by atoms with Gasteiger partial charge in [0.15, 0.2) is 0 Å². The van der Waals surface area contributed by atoms with Gasteiger partial charge in [0.25, 0.3) is 9.82 Å². The average molecular weight is 290 g/mol. The van der Waals surface area contributed by atoms with Gasteiger partial charge in [0, 0.05) is 28.2 Å². The standard InChI is InChI=1S/C8H7IN2O2/c9-8(13)11-10-7(12)6-4-2-1-3-5-6/h1-5H,(H,10,12)(H,11,13). The highest BCUT2D eigenvalue weighted by Gasteiger charge is 2.03. The maximum Gasteiger partial charge on any atom is 0.298 e. The van der Waals surface area contributed by atoms with E-state index in [1.807, 2.05) is 6.07 Å². The average Bonchev–Trinajstić information content (AvgIpc) is 2.15. The van der Waals surface area contributed by atoms with Crippen molar-refractivity contribution in [1.82, 2.24) is 10.9 Å². The van der Waals surface area contributed by atoms with Crippen LogP contribution in [0.1, 0.15) is 10.4 Å². The number of hydrogen-bond acceptors (Lipinski definition) is 2. The topological polar surface area (TPSA) is 58.2 Å². The molecule has 0 spiro atoms. The molecule has 0 atom stereocenters. The number of carbonyl (C=O) groups is 2. The fraction of sp³-hybridized carbons (Fsp3) is 0. The first-order valence-electron chi connectivity index (χ1n) is 3.51. The molecule has 0 aliphatic heterocycles. The number of benzene rings is 1. The van der Waals surface area contributed by atoms with Crippen molar-refractivity contribution in [3.05, 3.63) is 35.9 Å². The third-order valence-corrected chi connectivity index (χ3v) is 1.58. The van der Waals surface area contributed by atoms with Gasteiger partial charge in [0.05, 0.1) is 0 Å². The zero-order valence-corrected chi connectivity index (χ0v) is 8.74. The maximum absolute atomic E-state index is 11.2. The number of nitrogens with one attached hydrogen (secondary N) is 2. The second kappa shape index (κ2) is 4.80. The second-order valence-corrected chi connectivity index (χ2v) is 3.20. The quantitative estimate of drug-likeness (QED) is 0.356. The van der Waals surface area contributed by atoms with Crippen molar-refractivity contribution in [2.45, 2.75) is 0 Å². The lowest BCUT2D eigenvalue weighted by Gasteiger charge is -2.03. The van der Waals surface area contributed by atoms with Crippen molar-refractivity contribution in [1.29, 1.82) is 0 Å². The molecule has 0 heterocycles. The summed E-state index contributed by atoms with van der Waals surface area (Å²) in [5, 5.41) is 0. The lowest BCUT2D eigenvalue weighted by atomic mass is 10.2. The Morgan fingerprint density at radius 3 is 2.23 bits per heavy atom. The summed E-state index contributed by atoms with van der Waals surface area (Å²) in [6.07, 6.45) is 0. The Balaban J connectivity index is 2.54. The third kappa shape index (κ3) is 3.41. The molecule has 1 aromatic rings. The van der Waals surface area contributed by atoms with Crippen LogP contribution in [-0.2, 0) is 0 Å². The molecule has 1 aromatic carbocycles. The predicted molar refractivity (Wildman–Crippen MR) is 56.5 cm³/mol. The van der Waals surface area contributed by atoms with Gasteiger partial charge in [-0.25, -0.2) is 0 Å². The van der Waals surface area contributed by atoms with Crippen LogP contribution in [0.5, 0.6) is 0 Å². The molecule has 2 amide bonds. The molecule has 4 nitrogen and oxygen atoms in total. The molecule has 1 rings (SSSR count). The normalized spacial score (nSPS) is 9.00. The molecule has 0 unspecified atom stereocenters. The number of rotatable bonds is 1. The van der Waals surface area contributed by atoms with E-state index in [0.29, 0.717) is 5.56 Å². The van der Waals surface area contributed by atoms with Crippen molar-refractivity contribution in [2.24, 2.45) is 0 Å². The number of hydrazine groups is 1. The molecule has 0 fully saturated rings. The Morgan fingerprint density at radius 2 is 1.69 bits per heavy atom. The molecule has 0 aliphatic rings. The largest absolute Gasteiger partial charge is 0.298 e. The Hall–Kier alpha value is -1.11. The van der Waals surface area contributed by atoms with Gasteiger partial charge in [-0.1, -0.05) is 18.2 Å². The molecule has 0 bridgehead atoms. The van der Waals surface area contributed by atoms with E-state index < -0.39 is 0 Å². The van der Waals surface area contributed by atoms with Crippen molar-refractivity contribution in [2.75, 3.05) is 0 Å².